The molecule has 186 valence electrons. The van der Waals surface area contributed by atoms with Gasteiger partial charge in [-0.3, -0.25) is 9.69 Å². The zero-order valence-corrected chi connectivity index (χ0v) is 18.5. The number of aliphatic carboxylic acids is 1. The van der Waals surface area contributed by atoms with E-state index in [9.17, 15) is 30.0 Å². The molecule has 0 unspecified atom stereocenters. The van der Waals surface area contributed by atoms with E-state index in [1.54, 1.807) is 30.3 Å². The maximum absolute atomic E-state index is 13.2. The lowest BCUT2D eigenvalue weighted by Gasteiger charge is -2.39. The fourth-order valence-electron chi connectivity index (χ4n) is 5.41. The van der Waals surface area contributed by atoms with Crippen LogP contribution < -0.4 is 0 Å². The summed E-state index contributed by atoms with van der Waals surface area (Å²) in [5.74, 6) is -2.88. The number of nitrogens with zero attached hydrogens (tertiary/aromatic N) is 1. The molecule has 5 rings (SSSR count). The zero-order valence-electron chi connectivity index (χ0n) is 18.5. The lowest BCUT2D eigenvalue weighted by molar-refractivity contribution is -0.294. The molecule has 4 saturated heterocycles. The van der Waals surface area contributed by atoms with Crippen molar-refractivity contribution in [2.24, 2.45) is 0 Å². The Morgan fingerprint density at radius 2 is 1.68 bits per heavy atom. The second-order valence-corrected chi connectivity index (χ2v) is 9.43. The summed E-state index contributed by atoms with van der Waals surface area (Å²) in [5.41, 5.74) is 0.621. The van der Waals surface area contributed by atoms with Gasteiger partial charge in [-0.2, -0.15) is 0 Å². The van der Waals surface area contributed by atoms with E-state index in [-0.39, 0.29) is 37.0 Å². The minimum Gasteiger partial charge on any atom is -0.479 e. The SMILES string of the molecule is CN1[C@@H]2C[C@@H](OC(=O)[C@H](CO[C@@H]3O[C@H](C(=O)O)[C@@H](O)[C@H](O)[C@H]3O)c3ccccc3)C[C@H]1[C@@H]1O[C@@H]12. The zero-order chi connectivity index (χ0) is 24.1. The van der Waals surface area contributed by atoms with Crippen LogP contribution in [-0.4, -0.2) is 112 Å². The van der Waals surface area contributed by atoms with Crippen LogP contribution in [0.1, 0.15) is 24.3 Å². The number of fused-ring (bicyclic) bond motifs is 5. The number of hydrogen-bond donors (Lipinski definition) is 4. The van der Waals surface area contributed by atoms with Crippen molar-refractivity contribution in [2.45, 2.75) is 79.9 Å². The largest absolute Gasteiger partial charge is 0.479 e. The molecule has 0 saturated carbocycles. The highest BCUT2D eigenvalue weighted by molar-refractivity contribution is 5.78. The molecule has 1 aromatic carbocycles. The summed E-state index contributed by atoms with van der Waals surface area (Å²) in [7, 11) is 2.06. The molecule has 4 heterocycles. The van der Waals surface area contributed by atoms with Crippen molar-refractivity contribution in [1.29, 1.82) is 0 Å². The molecule has 4 N–H and O–H groups in total. The van der Waals surface area contributed by atoms with E-state index in [0.29, 0.717) is 18.4 Å². The van der Waals surface area contributed by atoms with Crippen molar-refractivity contribution in [3.8, 4) is 0 Å². The number of carbonyl (C=O) groups excluding carboxylic acids is 1. The first-order valence-electron chi connectivity index (χ1n) is 11.4. The van der Waals surface area contributed by atoms with E-state index in [1.807, 2.05) is 0 Å². The Bertz CT molecular complexity index is 896. The number of carbonyl (C=O) groups is 2. The highest BCUT2D eigenvalue weighted by Gasteiger charge is 2.63. The third kappa shape index (κ3) is 4.22. The van der Waals surface area contributed by atoms with Crippen molar-refractivity contribution in [1.82, 2.24) is 4.90 Å². The monoisotopic (exact) mass is 479 g/mol. The molecule has 34 heavy (non-hydrogen) atoms. The summed E-state index contributed by atoms with van der Waals surface area (Å²) in [5, 5.41) is 39.3. The van der Waals surface area contributed by atoms with Gasteiger partial charge in [-0.05, 0) is 12.6 Å². The third-order valence-electron chi connectivity index (χ3n) is 7.38. The Morgan fingerprint density at radius 3 is 2.29 bits per heavy atom. The molecule has 11 atom stereocenters. The summed E-state index contributed by atoms with van der Waals surface area (Å²) in [6.45, 7) is -0.284. The number of likely N-dealkylation sites (N-methyl/N-ethyl adjacent to an activating group) is 1. The van der Waals surface area contributed by atoms with Crippen LogP contribution in [0.4, 0.5) is 0 Å². The van der Waals surface area contributed by atoms with Gasteiger partial charge in [0.25, 0.3) is 0 Å². The number of rotatable bonds is 7. The van der Waals surface area contributed by atoms with Crippen molar-refractivity contribution < 1.29 is 49.0 Å². The molecule has 4 aliphatic heterocycles. The number of piperidine rings is 1. The normalized spacial score (nSPS) is 42.0. The van der Waals surface area contributed by atoms with Gasteiger partial charge in [-0.1, -0.05) is 30.3 Å². The average molecular weight is 479 g/mol. The quantitative estimate of drug-likeness (QED) is 0.276. The first kappa shape index (κ1) is 23.6. The maximum Gasteiger partial charge on any atom is 0.335 e. The number of aliphatic hydroxyl groups is 3. The van der Waals surface area contributed by atoms with Gasteiger partial charge < -0.3 is 39.4 Å². The molecule has 11 nitrogen and oxygen atoms in total. The van der Waals surface area contributed by atoms with Crippen LogP contribution in [0.25, 0.3) is 0 Å². The fraction of sp³-hybridized carbons (Fsp3) is 0.652. The van der Waals surface area contributed by atoms with Crippen LogP contribution in [-0.2, 0) is 28.5 Å². The number of aliphatic hydroxyl groups excluding tert-OH is 3. The fourth-order valence-corrected chi connectivity index (χ4v) is 5.41. The van der Waals surface area contributed by atoms with Gasteiger partial charge in [0, 0.05) is 24.9 Å². The summed E-state index contributed by atoms with van der Waals surface area (Å²) in [4.78, 5) is 26.9. The molecule has 11 heteroatoms. The Labute approximate surface area is 195 Å². The van der Waals surface area contributed by atoms with E-state index in [0.717, 1.165) is 0 Å². The van der Waals surface area contributed by atoms with Gasteiger partial charge in [0.1, 0.15) is 42.5 Å². The van der Waals surface area contributed by atoms with Crippen LogP contribution in [0.15, 0.2) is 30.3 Å². The Balaban J connectivity index is 1.26. The third-order valence-corrected chi connectivity index (χ3v) is 7.38. The van der Waals surface area contributed by atoms with Crippen molar-refractivity contribution in [2.75, 3.05) is 13.7 Å². The van der Waals surface area contributed by atoms with E-state index in [2.05, 4.69) is 11.9 Å². The lowest BCUT2D eigenvalue weighted by Crippen LogP contribution is -2.60. The highest BCUT2D eigenvalue weighted by atomic mass is 16.7. The van der Waals surface area contributed by atoms with Crippen molar-refractivity contribution in [3.05, 3.63) is 35.9 Å². The highest BCUT2D eigenvalue weighted by Crippen LogP contribution is 2.48. The minimum absolute atomic E-state index is 0.209. The second-order valence-electron chi connectivity index (χ2n) is 9.43. The van der Waals surface area contributed by atoms with Crippen LogP contribution in [0.5, 0.6) is 0 Å². The molecular weight excluding hydrogens is 450 g/mol. The van der Waals surface area contributed by atoms with Gasteiger partial charge in [-0.25, -0.2) is 4.79 Å². The molecule has 4 aliphatic rings. The number of epoxide rings is 1. The smallest absolute Gasteiger partial charge is 0.335 e. The van der Waals surface area contributed by atoms with E-state index in [4.69, 9.17) is 18.9 Å². The number of carboxylic acids is 1. The summed E-state index contributed by atoms with van der Waals surface area (Å²) in [6.07, 6.45) is -7.13. The predicted molar refractivity (Wildman–Crippen MR) is 113 cm³/mol. The predicted octanol–water partition coefficient (Wildman–Crippen LogP) is -1.17. The molecule has 0 radical (unpaired) electrons. The van der Waals surface area contributed by atoms with Gasteiger partial charge in [0.15, 0.2) is 12.4 Å². The number of hydrogen-bond acceptors (Lipinski definition) is 10. The van der Waals surface area contributed by atoms with Gasteiger partial charge in [-0.15, -0.1) is 0 Å². The maximum atomic E-state index is 13.2. The van der Waals surface area contributed by atoms with Crippen LogP contribution >= 0.6 is 0 Å². The molecule has 4 fully saturated rings. The van der Waals surface area contributed by atoms with Gasteiger partial charge in [0.05, 0.1) is 6.61 Å². The van der Waals surface area contributed by atoms with Crippen molar-refractivity contribution >= 4 is 11.9 Å². The van der Waals surface area contributed by atoms with Crippen molar-refractivity contribution in [3.63, 3.8) is 0 Å². The van der Waals surface area contributed by atoms with E-state index < -0.39 is 48.6 Å². The van der Waals surface area contributed by atoms with Crippen LogP contribution in [0.2, 0.25) is 0 Å². The second kappa shape index (κ2) is 9.15. The van der Waals surface area contributed by atoms with Gasteiger partial charge >= 0.3 is 11.9 Å². The lowest BCUT2D eigenvalue weighted by atomic mass is 9.97. The summed E-state index contributed by atoms with van der Waals surface area (Å²) < 4.78 is 22.3. The Morgan fingerprint density at radius 1 is 1.03 bits per heavy atom. The first-order chi connectivity index (χ1) is 16.3. The van der Waals surface area contributed by atoms with Crippen LogP contribution in [0, 0.1) is 0 Å². The molecule has 0 aliphatic carbocycles. The number of esters is 1. The average Bonchev–Trinajstić information content (AvgIpc) is 3.58. The van der Waals surface area contributed by atoms with Crippen LogP contribution in [0.3, 0.4) is 0 Å². The number of morpholine rings is 1. The standard InChI is InChI=1S/C23H29NO10/c1-24-13-7-11(8-14(24)19-18(13)33-19)32-22(30)12(10-5-3-2-4-6-10)9-31-23-17(27)15(25)16(26)20(34-23)21(28)29/h2-6,11-20,23,25-27H,7-9H2,1H3,(H,28,29)/t11-,12-,13-,14+,15+,16+,17-,18-,19+,20+,23-/m1/s1. The molecule has 0 aromatic heterocycles. The molecular formula is C23H29NO10. The molecule has 2 bridgehead atoms. The summed E-state index contributed by atoms with van der Waals surface area (Å²) in [6, 6.07) is 9.27. The molecule has 1 aromatic rings. The number of benzene rings is 1. The topological polar surface area (TPSA) is 159 Å². The number of carboxylic acid groups (broad SMARTS) is 1. The van der Waals surface area contributed by atoms with E-state index >= 15 is 0 Å². The summed E-state index contributed by atoms with van der Waals surface area (Å²) >= 11 is 0. The minimum atomic E-state index is -1.82. The molecule has 0 amide bonds. The Hall–Kier alpha value is -2.12. The Kier molecular flexibility index (Phi) is 6.36. The van der Waals surface area contributed by atoms with Gasteiger partial charge in [0.2, 0.25) is 0 Å². The molecule has 0 spiro atoms. The number of ether oxygens (including phenoxy) is 4. The first-order valence-corrected chi connectivity index (χ1v) is 11.4. The van der Waals surface area contributed by atoms with E-state index in [1.165, 1.54) is 0 Å².